The molecule has 2 N–H and O–H groups in total. The van der Waals surface area contributed by atoms with Gasteiger partial charge in [0.15, 0.2) is 5.82 Å². The number of aromatic nitrogens is 5. The molecule has 0 spiro atoms. The van der Waals surface area contributed by atoms with Crippen molar-refractivity contribution in [2.45, 2.75) is 69.7 Å². The zero-order chi connectivity index (χ0) is 31.1. The molecule has 1 aliphatic carbocycles. The number of alkyl halides is 1. The van der Waals surface area contributed by atoms with Gasteiger partial charge in [-0.25, -0.2) is 8.78 Å². The van der Waals surface area contributed by atoms with Crippen LogP contribution in [0.2, 0.25) is 0 Å². The molecule has 1 aromatic carbocycles. The van der Waals surface area contributed by atoms with E-state index in [0.717, 1.165) is 53.4 Å². The number of halogens is 2. The van der Waals surface area contributed by atoms with Gasteiger partial charge in [0.1, 0.15) is 35.4 Å². The minimum Gasteiger partial charge on any atom is -0.461 e. The largest absolute Gasteiger partial charge is 0.461 e. The zero-order valence-electron chi connectivity index (χ0n) is 25.9. The summed E-state index contributed by atoms with van der Waals surface area (Å²) in [7, 11) is 0. The molecule has 0 amide bonds. The van der Waals surface area contributed by atoms with Crippen molar-refractivity contribution in [2.75, 3.05) is 50.9 Å². The van der Waals surface area contributed by atoms with Crippen LogP contribution in [0.5, 0.6) is 6.01 Å². The van der Waals surface area contributed by atoms with Crippen LogP contribution in [0.4, 0.5) is 14.6 Å². The van der Waals surface area contributed by atoms with E-state index < -0.39 is 23.1 Å². The van der Waals surface area contributed by atoms with Crippen molar-refractivity contribution in [1.29, 1.82) is 0 Å². The van der Waals surface area contributed by atoms with Gasteiger partial charge in [-0.05, 0) is 68.7 Å². The SMILES string of the molecule is Cc1cc2[nH]ncc2c(-c2ncc3c(N4CCOC[C@@](C)(O)C4)nc(OC[C@@]45CCCN4C[C@H](F)C5)nc3c2F)c1[C@@H]1C[C@@H]1C. The Morgan fingerprint density at radius 3 is 2.89 bits per heavy atom. The molecular weight excluding hydrogens is 580 g/mol. The normalized spacial score (nSPS) is 30.3. The lowest BCUT2D eigenvalue weighted by Gasteiger charge is -2.31. The topological polar surface area (TPSA) is 113 Å². The number of aliphatic hydroxyl groups is 1. The third kappa shape index (κ3) is 4.92. The summed E-state index contributed by atoms with van der Waals surface area (Å²) in [6.45, 7) is 8.62. The van der Waals surface area contributed by atoms with Gasteiger partial charge in [-0.1, -0.05) is 6.92 Å². The van der Waals surface area contributed by atoms with Crippen LogP contribution in [-0.4, -0.2) is 98.5 Å². The molecule has 3 aromatic heterocycles. The van der Waals surface area contributed by atoms with E-state index in [4.69, 9.17) is 19.4 Å². The van der Waals surface area contributed by atoms with Gasteiger partial charge in [0.2, 0.25) is 0 Å². The molecule has 6 heterocycles. The quantitative estimate of drug-likeness (QED) is 0.318. The molecule has 238 valence electrons. The monoisotopic (exact) mass is 619 g/mol. The standard InChI is InChI=1S/C33H39F2N7O3/c1-18-9-21(18)25-19(2)10-24-22(13-37-40-24)26(25)29-27(35)28-23(12-36-29)30(41-7-8-44-16-32(3,43)15-41)39-31(38-28)45-17-33-5-4-6-42(33)14-20(34)11-33/h10,12-13,18,20-21,43H,4-9,11,14-17H2,1-3H3,(H,37,40)/t18-,20+,21+,32-,33-/m0/s1. The van der Waals surface area contributed by atoms with Gasteiger partial charge in [-0.2, -0.15) is 15.1 Å². The molecule has 45 heavy (non-hydrogen) atoms. The number of hydrogen-bond acceptors (Lipinski definition) is 9. The minimum absolute atomic E-state index is 0.0237. The molecule has 8 rings (SSSR count). The number of anilines is 1. The average Bonchev–Trinajstić information content (AvgIpc) is 3.26. The van der Waals surface area contributed by atoms with Crippen molar-refractivity contribution in [3.05, 3.63) is 35.4 Å². The Labute approximate surface area is 260 Å². The highest BCUT2D eigenvalue weighted by atomic mass is 19.1. The maximum atomic E-state index is 17.1. The summed E-state index contributed by atoms with van der Waals surface area (Å²) in [5, 5.41) is 19.5. The van der Waals surface area contributed by atoms with Crippen LogP contribution in [0.3, 0.4) is 0 Å². The smallest absolute Gasteiger partial charge is 0.319 e. The Balaban J connectivity index is 1.28. The van der Waals surface area contributed by atoms with Crippen LogP contribution in [0.25, 0.3) is 33.1 Å². The third-order valence-corrected chi connectivity index (χ3v) is 10.3. The van der Waals surface area contributed by atoms with Crippen LogP contribution >= 0.6 is 0 Å². The van der Waals surface area contributed by atoms with Crippen molar-refractivity contribution >= 4 is 27.6 Å². The van der Waals surface area contributed by atoms with E-state index in [0.29, 0.717) is 49.2 Å². The fourth-order valence-corrected chi connectivity index (χ4v) is 8.03. The van der Waals surface area contributed by atoms with Crippen molar-refractivity contribution in [1.82, 2.24) is 30.0 Å². The van der Waals surface area contributed by atoms with Crippen molar-refractivity contribution in [2.24, 2.45) is 5.92 Å². The maximum Gasteiger partial charge on any atom is 0.319 e. The van der Waals surface area contributed by atoms with Crippen LogP contribution in [0.1, 0.15) is 56.6 Å². The molecule has 10 nitrogen and oxygen atoms in total. The number of nitrogens with one attached hydrogen (secondary N) is 1. The number of rotatable bonds is 6. The average molecular weight is 620 g/mol. The lowest BCUT2D eigenvalue weighted by molar-refractivity contribution is -0.0123. The first-order valence-electron chi connectivity index (χ1n) is 16.0. The molecule has 4 fully saturated rings. The molecule has 0 radical (unpaired) electrons. The lowest BCUT2D eigenvalue weighted by atomic mass is 9.91. The fourth-order valence-electron chi connectivity index (χ4n) is 8.03. The molecule has 12 heteroatoms. The van der Waals surface area contributed by atoms with E-state index in [1.54, 1.807) is 19.3 Å². The zero-order valence-corrected chi connectivity index (χ0v) is 25.9. The molecule has 4 aliphatic rings. The second-order valence-electron chi connectivity index (χ2n) is 14.0. The predicted molar refractivity (Wildman–Crippen MR) is 166 cm³/mol. The third-order valence-electron chi connectivity index (χ3n) is 10.3. The molecule has 0 unspecified atom stereocenters. The highest BCUT2D eigenvalue weighted by Crippen LogP contribution is 2.53. The summed E-state index contributed by atoms with van der Waals surface area (Å²) >= 11 is 0. The van der Waals surface area contributed by atoms with Crippen LogP contribution in [0.15, 0.2) is 18.5 Å². The Morgan fingerprint density at radius 2 is 2.07 bits per heavy atom. The Bertz CT molecular complexity index is 1800. The molecular formula is C33H39F2N7O3. The predicted octanol–water partition coefficient (Wildman–Crippen LogP) is 4.68. The maximum absolute atomic E-state index is 17.1. The van der Waals surface area contributed by atoms with Crippen molar-refractivity contribution in [3.8, 4) is 17.3 Å². The number of pyridine rings is 1. The van der Waals surface area contributed by atoms with Gasteiger partial charge in [0.05, 0.1) is 42.4 Å². The second kappa shape index (κ2) is 10.5. The molecule has 1 saturated carbocycles. The molecule has 3 saturated heterocycles. The van der Waals surface area contributed by atoms with E-state index in [9.17, 15) is 9.50 Å². The van der Waals surface area contributed by atoms with Crippen LogP contribution < -0.4 is 9.64 Å². The van der Waals surface area contributed by atoms with Gasteiger partial charge in [-0.3, -0.25) is 15.0 Å². The number of aromatic amines is 1. The van der Waals surface area contributed by atoms with E-state index in [-0.39, 0.29) is 37.0 Å². The van der Waals surface area contributed by atoms with Crippen molar-refractivity contribution in [3.63, 3.8) is 0 Å². The van der Waals surface area contributed by atoms with E-state index in [1.807, 2.05) is 4.90 Å². The number of nitrogens with zero attached hydrogens (tertiary/aromatic N) is 6. The lowest BCUT2D eigenvalue weighted by Crippen LogP contribution is -2.44. The summed E-state index contributed by atoms with van der Waals surface area (Å²) in [6.07, 6.45) is 5.71. The number of β-amino-alcohol motifs (C(OH)–C–C–N with tert-alkyl or cyclic N) is 1. The molecule has 0 bridgehead atoms. The number of ether oxygens (including phenoxy) is 2. The van der Waals surface area contributed by atoms with E-state index in [2.05, 4.69) is 40.0 Å². The number of fused-ring (bicyclic) bond motifs is 3. The van der Waals surface area contributed by atoms with Gasteiger partial charge in [-0.15, -0.1) is 0 Å². The Hall–Kier alpha value is -3.48. The van der Waals surface area contributed by atoms with Gasteiger partial charge in [0, 0.05) is 36.7 Å². The first kappa shape index (κ1) is 29.0. The van der Waals surface area contributed by atoms with Gasteiger partial charge in [0.25, 0.3) is 0 Å². The van der Waals surface area contributed by atoms with Crippen LogP contribution in [-0.2, 0) is 4.74 Å². The summed E-state index contributed by atoms with van der Waals surface area (Å²) in [5.41, 5.74) is 2.47. The minimum atomic E-state index is -1.14. The number of benzene rings is 1. The summed E-state index contributed by atoms with van der Waals surface area (Å²) in [4.78, 5) is 18.2. The number of H-pyrrole nitrogens is 1. The summed E-state index contributed by atoms with van der Waals surface area (Å²) in [5.74, 6) is 0.668. The molecule has 5 atom stereocenters. The summed E-state index contributed by atoms with van der Waals surface area (Å²) < 4.78 is 43.5. The van der Waals surface area contributed by atoms with Crippen molar-refractivity contribution < 1.29 is 23.4 Å². The molecule has 4 aromatic rings. The van der Waals surface area contributed by atoms with Gasteiger partial charge >= 0.3 is 6.01 Å². The number of hydrogen-bond donors (Lipinski definition) is 2. The number of aryl methyl sites for hydroxylation is 1. The van der Waals surface area contributed by atoms with Gasteiger partial charge < -0.3 is 19.5 Å². The summed E-state index contributed by atoms with van der Waals surface area (Å²) in [6, 6.07) is 2.09. The highest BCUT2D eigenvalue weighted by Gasteiger charge is 2.49. The van der Waals surface area contributed by atoms with Crippen LogP contribution in [0, 0.1) is 18.7 Å². The Morgan fingerprint density at radius 1 is 1.22 bits per heavy atom. The van der Waals surface area contributed by atoms with E-state index in [1.165, 1.54) is 0 Å². The fraction of sp³-hybridized carbons (Fsp3) is 0.576. The Kier molecular flexibility index (Phi) is 6.78. The first-order valence-corrected chi connectivity index (χ1v) is 16.0. The van der Waals surface area contributed by atoms with E-state index >= 15 is 4.39 Å². The first-order chi connectivity index (χ1) is 21.6. The highest BCUT2D eigenvalue weighted by molar-refractivity contribution is 6.00. The second-order valence-corrected chi connectivity index (χ2v) is 14.0. The molecule has 3 aliphatic heterocycles.